The van der Waals surface area contributed by atoms with Crippen LogP contribution in [0.3, 0.4) is 0 Å². The maximum absolute atomic E-state index is 11.5. The van der Waals surface area contributed by atoms with Gasteiger partial charge in [0, 0.05) is 6.42 Å². The van der Waals surface area contributed by atoms with Gasteiger partial charge in [-0.25, -0.2) is 4.79 Å². The Morgan fingerprint density at radius 3 is 2.53 bits per heavy atom. The molecule has 92 valence electrons. The van der Waals surface area contributed by atoms with Gasteiger partial charge in [0.2, 0.25) is 0 Å². The van der Waals surface area contributed by atoms with Gasteiger partial charge in [0.15, 0.2) is 0 Å². The Balaban J connectivity index is 2.70. The molecule has 0 bridgehead atoms. The van der Waals surface area contributed by atoms with E-state index in [1.54, 1.807) is 6.26 Å². The average Bonchev–Trinajstić information content (AvgIpc) is 2.38. The van der Waals surface area contributed by atoms with Gasteiger partial charge in [-0.05, 0) is 11.8 Å². The zero-order valence-corrected chi connectivity index (χ0v) is 10.6. The van der Waals surface area contributed by atoms with Crippen molar-refractivity contribution in [1.82, 2.24) is 5.32 Å². The molecule has 4 nitrogen and oxygen atoms in total. The van der Waals surface area contributed by atoms with Crippen LogP contribution < -0.4 is 5.32 Å². The number of carbonyl (C=O) groups excluding carboxylic acids is 2. The highest BCUT2D eigenvalue weighted by atomic mass is 32.2. The lowest BCUT2D eigenvalue weighted by Gasteiger charge is -2.15. The quantitative estimate of drug-likeness (QED) is 0.832. The SMILES string of the molecule is COC(=O)[C@H](Cc1ccccc1)NC(=O)SC. The lowest BCUT2D eigenvalue weighted by atomic mass is 10.1. The number of amides is 1. The molecule has 5 heteroatoms. The van der Waals surface area contributed by atoms with Crippen LogP contribution in [-0.2, 0) is 16.0 Å². The smallest absolute Gasteiger partial charge is 0.328 e. The van der Waals surface area contributed by atoms with Gasteiger partial charge < -0.3 is 10.1 Å². The molecular formula is C12H15NO3S. The van der Waals surface area contributed by atoms with Gasteiger partial charge in [0.05, 0.1) is 7.11 Å². The molecule has 0 spiro atoms. The molecule has 0 saturated carbocycles. The van der Waals surface area contributed by atoms with Crippen molar-refractivity contribution in [2.75, 3.05) is 13.4 Å². The van der Waals surface area contributed by atoms with E-state index < -0.39 is 12.0 Å². The summed E-state index contributed by atoms with van der Waals surface area (Å²) in [6.45, 7) is 0. The van der Waals surface area contributed by atoms with Crippen LogP contribution in [0.1, 0.15) is 5.56 Å². The van der Waals surface area contributed by atoms with Crippen molar-refractivity contribution in [3.05, 3.63) is 35.9 Å². The van der Waals surface area contributed by atoms with E-state index in [4.69, 9.17) is 0 Å². The van der Waals surface area contributed by atoms with Crippen molar-refractivity contribution in [2.24, 2.45) is 0 Å². The number of hydrogen-bond acceptors (Lipinski definition) is 4. The second kappa shape index (κ2) is 6.96. The van der Waals surface area contributed by atoms with Crippen LogP contribution in [0.4, 0.5) is 4.79 Å². The standard InChI is InChI=1S/C12H15NO3S/c1-16-11(14)10(13-12(15)17-2)8-9-6-4-3-5-7-9/h3-7,10H,8H2,1-2H3,(H,13,15)/t10-/m0/s1. The third kappa shape index (κ3) is 4.48. The molecule has 0 aliphatic carbocycles. The van der Waals surface area contributed by atoms with Crippen molar-refractivity contribution in [2.45, 2.75) is 12.5 Å². The fourth-order valence-corrected chi connectivity index (χ4v) is 1.65. The van der Waals surface area contributed by atoms with E-state index in [9.17, 15) is 9.59 Å². The average molecular weight is 253 g/mol. The van der Waals surface area contributed by atoms with Crippen molar-refractivity contribution in [1.29, 1.82) is 0 Å². The first-order valence-electron chi connectivity index (χ1n) is 5.13. The molecule has 0 unspecified atom stereocenters. The largest absolute Gasteiger partial charge is 0.467 e. The number of benzene rings is 1. The first-order chi connectivity index (χ1) is 8.17. The maximum Gasteiger partial charge on any atom is 0.328 e. The van der Waals surface area contributed by atoms with Crippen molar-refractivity contribution in [3.63, 3.8) is 0 Å². The maximum atomic E-state index is 11.5. The Morgan fingerprint density at radius 1 is 1.35 bits per heavy atom. The molecule has 0 fully saturated rings. The van der Waals surface area contributed by atoms with Crippen LogP contribution in [0, 0.1) is 0 Å². The van der Waals surface area contributed by atoms with E-state index in [2.05, 4.69) is 10.1 Å². The zero-order chi connectivity index (χ0) is 12.7. The topological polar surface area (TPSA) is 55.4 Å². The van der Waals surface area contributed by atoms with Gasteiger partial charge in [-0.1, -0.05) is 42.1 Å². The van der Waals surface area contributed by atoms with E-state index in [1.165, 1.54) is 7.11 Å². The summed E-state index contributed by atoms with van der Waals surface area (Å²) in [6, 6.07) is 8.85. The third-order valence-electron chi connectivity index (χ3n) is 2.25. The summed E-state index contributed by atoms with van der Waals surface area (Å²) < 4.78 is 4.67. The molecule has 1 N–H and O–H groups in total. The Kier molecular flexibility index (Phi) is 5.56. The Labute approximate surface area is 105 Å². The predicted octanol–water partition coefficient (Wildman–Crippen LogP) is 1.84. The molecular weight excluding hydrogens is 238 g/mol. The highest BCUT2D eigenvalue weighted by molar-refractivity contribution is 8.12. The third-order valence-corrected chi connectivity index (χ3v) is 2.73. The van der Waals surface area contributed by atoms with Crippen LogP contribution >= 0.6 is 11.8 Å². The van der Waals surface area contributed by atoms with Gasteiger partial charge in [-0.15, -0.1) is 0 Å². The van der Waals surface area contributed by atoms with E-state index in [-0.39, 0.29) is 5.24 Å². The summed E-state index contributed by atoms with van der Waals surface area (Å²) in [5.41, 5.74) is 0.976. The number of methoxy groups -OCH3 is 1. The molecule has 0 aliphatic heterocycles. The van der Waals surface area contributed by atoms with Gasteiger partial charge >= 0.3 is 5.97 Å². The summed E-state index contributed by atoms with van der Waals surface area (Å²) in [5, 5.41) is 2.38. The van der Waals surface area contributed by atoms with Crippen LogP contribution in [0.25, 0.3) is 0 Å². The molecule has 0 aliphatic rings. The lowest BCUT2D eigenvalue weighted by molar-refractivity contribution is -0.142. The molecule has 0 radical (unpaired) electrons. The van der Waals surface area contributed by atoms with Crippen molar-refractivity contribution in [3.8, 4) is 0 Å². The minimum absolute atomic E-state index is 0.240. The van der Waals surface area contributed by atoms with E-state index in [1.807, 2.05) is 30.3 Å². The summed E-state index contributed by atoms with van der Waals surface area (Å²) in [7, 11) is 1.31. The highest BCUT2D eigenvalue weighted by Crippen LogP contribution is 2.06. The Bertz CT molecular complexity index is 381. The van der Waals surface area contributed by atoms with E-state index in [0.717, 1.165) is 17.3 Å². The van der Waals surface area contributed by atoms with Gasteiger partial charge in [-0.2, -0.15) is 0 Å². The fraction of sp³-hybridized carbons (Fsp3) is 0.333. The van der Waals surface area contributed by atoms with Crippen LogP contribution in [0.2, 0.25) is 0 Å². The Hall–Kier alpha value is -1.49. The number of nitrogens with one attached hydrogen (secondary N) is 1. The van der Waals surface area contributed by atoms with Crippen LogP contribution in [0.15, 0.2) is 30.3 Å². The number of esters is 1. The van der Waals surface area contributed by atoms with Crippen molar-refractivity contribution < 1.29 is 14.3 Å². The molecule has 1 aromatic rings. The number of carbonyl (C=O) groups is 2. The molecule has 1 amide bonds. The van der Waals surface area contributed by atoms with Crippen molar-refractivity contribution >= 4 is 23.0 Å². The Morgan fingerprint density at radius 2 is 2.00 bits per heavy atom. The number of rotatable bonds is 4. The van der Waals surface area contributed by atoms with E-state index >= 15 is 0 Å². The first kappa shape index (κ1) is 13.6. The van der Waals surface area contributed by atoms with E-state index in [0.29, 0.717) is 6.42 Å². The van der Waals surface area contributed by atoms with Gasteiger partial charge in [-0.3, -0.25) is 4.79 Å². The lowest BCUT2D eigenvalue weighted by Crippen LogP contribution is -2.41. The monoisotopic (exact) mass is 253 g/mol. The van der Waals surface area contributed by atoms with Gasteiger partial charge in [0.1, 0.15) is 6.04 Å². The minimum atomic E-state index is -0.637. The second-order valence-corrected chi connectivity index (χ2v) is 4.18. The summed E-state index contributed by atoms with van der Waals surface area (Å²) in [4.78, 5) is 22.8. The number of hydrogen-bond donors (Lipinski definition) is 1. The zero-order valence-electron chi connectivity index (χ0n) is 9.80. The molecule has 1 aromatic carbocycles. The minimum Gasteiger partial charge on any atom is -0.467 e. The molecule has 1 rings (SSSR count). The summed E-state index contributed by atoms with van der Waals surface area (Å²) in [5.74, 6) is -0.434. The fourth-order valence-electron chi connectivity index (χ4n) is 1.39. The molecule has 0 heterocycles. The summed E-state index contributed by atoms with van der Waals surface area (Å²) >= 11 is 1.03. The number of thioether (sulfide) groups is 1. The second-order valence-electron chi connectivity index (χ2n) is 3.40. The predicted molar refractivity (Wildman–Crippen MR) is 68.0 cm³/mol. The molecule has 1 atom stereocenters. The first-order valence-corrected chi connectivity index (χ1v) is 6.36. The van der Waals surface area contributed by atoms with Crippen LogP contribution in [-0.4, -0.2) is 30.6 Å². The molecule has 0 aromatic heterocycles. The highest BCUT2D eigenvalue weighted by Gasteiger charge is 2.21. The van der Waals surface area contributed by atoms with Gasteiger partial charge in [0.25, 0.3) is 5.24 Å². The molecule has 0 saturated heterocycles. The normalized spacial score (nSPS) is 11.6. The summed E-state index contributed by atoms with van der Waals surface area (Å²) in [6.07, 6.45) is 2.09. The number of ether oxygens (including phenoxy) is 1. The van der Waals surface area contributed by atoms with Crippen LogP contribution in [0.5, 0.6) is 0 Å². The molecule has 17 heavy (non-hydrogen) atoms.